The van der Waals surface area contributed by atoms with E-state index in [1.165, 1.54) is 12.1 Å². The molecule has 2 aromatic carbocycles. The summed E-state index contributed by atoms with van der Waals surface area (Å²) in [4.78, 5) is 4.19. The van der Waals surface area contributed by atoms with Crippen LogP contribution in [-0.4, -0.2) is 25.5 Å². The molecule has 0 unspecified atom stereocenters. The van der Waals surface area contributed by atoms with Crippen LogP contribution < -0.4 is 0 Å². The molecule has 7 heteroatoms. The molecule has 6 nitrogen and oxygen atoms in total. The van der Waals surface area contributed by atoms with Gasteiger partial charge in [-0.1, -0.05) is 5.16 Å². The van der Waals surface area contributed by atoms with Crippen LogP contribution in [0.3, 0.4) is 0 Å². The second kappa shape index (κ2) is 5.24. The second-order valence-electron chi connectivity index (χ2n) is 4.29. The number of hydrogen-bond donors (Lipinski definition) is 3. The Balaban J connectivity index is 2.03. The monoisotopic (exact) mass is 396 g/mol. The maximum Gasteiger partial charge on any atom is 0.262 e. The highest BCUT2D eigenvalue weighted by atomic mass is 127. The molecule has 106 valence electrons. The van der Waals surface area contributed by atoms with Crippen molar-refractivity contribution in [2.45, 2.75) is 0 Å². The Morgan fingerprint density at radius 3 is 2.43 bits per heavy atom. The molecule has 3 aromatic rings. The van der Waals surface area contributed by atoms with Crippen LogP contribution in [0.15, 0.2) is 40.9 Å². The number of hydrogen-bond acceptors (Lipinski definition) is 6. The molecule has 0 saturated carbocycles. The molecule has 3 rings (SSSR count). The lowest BCUT2D eigenvalue weighted by atomic mass is 10.2. The Kier molecular flexibility index (Phi) is 3.42. The fourth-order valence-corrected chi connectivity index (χ4v) is 2.28. The van der Waals surface area contributed by atoms with E-state index in [9.17, 15) is 15.3 Å². The molecule has 0 fully saturated rings. The van der Waals surface area contributed by atoms with Gasteiger partial charge in [0.15, 0.2) is 11.5 Å². The number of benzene rings is 2. The lowest BCUT2D eigenvalue weighted by Crippen LogP contribution is -1.83. The maximum absolute atomic E-state index is 9.84. The fraction of sp³-hybridized carbons (Fsp3) is 0. The van der Waals surface area contributed by atoms with Gasteiger partial charge in [0.1, 0.15) is 5.75 Å². The normalized spacial score (nSPS) is 10.7. The number of rotatable bonds is 2. The van der Waals surface area contributed by atoms with E-state index >= 15 is 0 Å². The summed E-state index contributed by atoms with van der Waals surface area (Å²) in [7, 11) is 0. The molecule has 3 N–H and O–H groups in total. The van der Waals surface area contributed by atoms with Crippen LogP contribution >= 0.6 is 22.6 Å². The van der Waals surface area contributed by atoms with E-state index < -0.39 is 0 Å². The van der Waals surface area contributed by atoms with Crippen LogP contribution in [0.25, 0.3) is 22.8 Å². The topological polar surface area (TPSA) is 99.6 Å². The Labute approximate surface area is 132 Å². The molecule has 0 aliphatic carbocycles. The predicted molar refractivity (Wildman–Crippen MR) is 82.9 cm³/mol. The standard InChI is InChI=1S/C14H9IN2O4/c15-8-2-4-10(18)9(6-8)14-16-13(17-21-14)7-1-3-11(19)12(20)5-7/h1-6,18-20H. The van der Waals surface area contributed by atoms with E-state index in [4.69, 9.17) is 4.52 Å². The fourth-order valence-electron chi connectivity index (χ4n) is 1.79. The zero-order valence-corrected chi connectivity index (χ0v) is 12.6. The molecular weight excluding hydrogens is 387 g/mol. The summed E-state index contributed by atoms with van der Waals surface area (Å²) in [6.07, 6.45) is 0. The first-order chi connectivity index (χ1) is 10.0. The largest absolute Gasteiger partial charge is 0.507 e. The summed E-state index contributed by atoms with van der Waals surface area (Å²) >= 11 is 2.11. The van der Waals surface area contributed by atoms with Crippen LogP contribution in [0.1, 0.15) is 0 Å². The van der Waals surface area contributed by atoms with Gasteiger partial charge < -0.3 is 19.8 Å². The third-order valence-electron chi connectivity index (χ3n) is 2.85. The van der Waals surface area contributed by atoms with E-state index in [-0.39, 0.29) is 29.0 Å². The first-order valence-electron chi connectivity index (χ1n) is 5.89. The SMILES string of the molecule is Oc1ccc(-c2noc(-c3cc(I)ccc3O)n2)cc1O. The van der Waals surface area contributed by atoms with E-state index in [0.717, 1.165) is 3.57 Å². The van der Waals surface area contributed by atoms with Crippen molar-refractivity contribution in [2.75, 3.05) is 0 Å². The van der Waals surface area contributed by atoms with Crippen molar-refractivity contribution in [3.8, 4) is 40.1 Å². The maximum atomic E-state index is 9.84. The van der Waals surface area contributed by atoms with Gasteiger partial charge in [-0.2, -0.15) is 4.98 Å². The van der Waals surface area contributed by atoms with Gasteiger partial charge >= 0.3 is 0 Å². The van der Waals surface area contributed by atoms with Crippen LogP contribution in [0.5, 0.6) is 17.2 Å². The number of nitrogens with zero attached hydrogens (tertiary/aromatic N) is 2. The average molecular weight is 396 g/mol. The molecule has 0 radical (unpaired) electrons. The number of phenols is 3. The van der Waals surface area contributed by atoms with Gasteiger partial charge in [0.25, 0.3) is 5.89 Å². The molecule has 0 atom stereocenters. The summed E-state index contributed by atoms with van der Waals surface area (Å²) in [5.41, 5.74) is 0.925. The summed E-state index contributed by atoms with van der Waals surface area (Å²) in [5, 5.41) is 32.4. The highest BCUT2D eigenvalue weighted by Gasteiger charge is 2.15. The predicted octanol–water partition coefficient (Wildman–Crippen LogP) is 3.13. The molecule has 1 heterocycles. The average Bonchev–Trinajstić information content (AvgIpc) is 2.94. The van der Waals surface area contributed by atoms with Crippen LogP contribution in [0.4, 0.5) is 0 Å². The minimum Gasteiger partial charge on any atom is -0.507 e. The first-order valence-corrected chi connectivity index (χ1v) is 6.97. The van der Waals surface area contributed by atoms with Crippen LogP contribution in [0, 0.1) is 3.57 Å². The first kappa shape index (κ1) is 13.7. The van der Waals surface area contributed by atoms with E-state index in [2.05, 4.69) is 32.7 Å². The number of halogens is 1. The zero-order chi connectivity index (χ0) is 15.0. The lowest BCUT2D eigenvalue weighted by Gasteiger charge is -1.99. The smallest absolute Gasteiger partial charge is 0.262 e. The molecule has 0 amide bonds. The van der Waals surface area contributed by atoms with Gasteiger partial charge in [-0.25, -0.2) is 0 Å². The molecule has 0 aliphatic heterocycles. The van der Waals surface area contributed by atoms with Gasteiger partial charge in [0.05, 0.1) is 5.56 Å². The zero-order valence-electron chi connectivity index (χ0n) is 10.5. The van der Waals surface area contributed by atoms with Crippen molar-refractivity contribution in [3.63, 3.8) is 0 Å². The van der Waals surface area contributed by atoms with Gasteiger partial charge in [0, 0.05) is 9.13 Å². The second-order valence-corrected chi connectivity index (χ2v) is 5.53. The number of aromatic nitrogens is 2. The molecule has 21 heavy (non-hydrogen) atoms. The van der Waals surface area contributed by atoms with Gasteiger partial charge in [-0.3, -0.25) is 0 Å². The Morgan fingerprint density at radius 2 is 1.67 bits per heavy atom. The Hall–Kier alpha value is -2.29. The summed E-state index contributed by atoms with van der Waals surface area (Å²) in [6.45, 7) is 0. The molecule has 0 saturated heterocycles. The summed E-state index contributed by atoms with van der Waals surface area (Å²) < 4.78 is 6.06. The van der Waals surface area contributed by atoms with Crippen molar-refractivity contribution >= 4 is 22.6 Å². The van der Waals surface area contributed by atoms with Crippen LogP contribution in [0.2, 0.25) is 0 Å². The number of aromatic hydroxyl groups is 3. The molecular formula is C14H9IN2O4. The quantitative estimate of drug-likeness (QED) is 0.455. The third kappa shape index (κ3) is 2.64. The highest BCUT2D eigenvalue weighted by molar-refractivity contribution is 14.1. The Morgan fingerprint density at radius 1 is 0.905 bits per heavy atom. The minimum absolute atomic E-state index is 0.0409. The highest BCUT2D eigenvalue weighted by Crippen LogP contribution is 2.33. The van der Waals surface area contributed by atoms with Gasteiger partial charge in [0.2, 0.25) is 5.82 Å². The summed E-state index contributed by atoms with van der Waals surface area (Å²) in [5.74, 6) is -0.0278. The lowest BCUT2D eigenvalue weighted by molar-refractivity contribution is 0.403. The van der Waals surface area contributed by atoms with Crippen molar-refractivity contribution in [1.82, 2.24) is 10.1 Å². The summed E-state index contributed by atoms with van der Waals surface area (Å²) in [6, 6.07) is 9.25. The number of phenolic OH excluding ortho intramolecular Hbond substituents is 3. The Bertz CT molecular complexity index is 816. The molecule has 1 aromatic heterocycles. The third-order valence-corrected chi connectivity index (χ3v) is 3.52. The van der Waals surface area contributed by atoms with Gasteiger partial charge in [-0.05, 0) is 59.0 Å². The van der Waals surface area contributed by atoms with Gasteiger partial charge in [-0.15, -0.1) is 0 Å². The van der Waals surface area contributed by atoms with Crippen molar-refractivity contribution < 1.29 is 19.8 Å². The van der Waals surface area contributed by atoms with E-state index in [1.54, 1.807) is 24.3 Å². The van der Waals surface area contributed by atoms with E-state index in [1.807, 2.05) is 0 Å². The molecule has 0 aliphatic rings. The molecule has 0 bridgehead atoms. The van der Waals surface area contributed by atoms with Crippen LogP contribution in [-0.2, 0) is 0 Å². The van der Waals surface area contributed by atoms with Crippen molar-refractivity contribution in [3.05, 3.63) is 40.0 Å². The molecule has 0 spiro atoms. The minimum atomic E-state index is -0.268. The van der Waals surface area contributed by atoms with Crippen molar-refractivity contribution in [1.29, 1.82) is 0 Å². The van der Waals surface area contributed by atoms with E-state index in [0.29, 0.717) is 11.1 Å². The van der Waals surface area contributed by atoms with Crippen molar-refractivity contribution in [2.24, 2.45) is 0 Å².